The Morgan fingerprint density at radius 1 is 0.686 bits per heavy atom. The molecule has 0 unspecified atom stereocenters. The first kappa shape index (κ1) is 34.7. The Kier molecular flexibility index (Phi) is 25.2. The highest BCUT2D eigenvalue weighted by Gasteiger charge is 2.08. The summed E-state index contributed by atoms with van der Waals surface area (Å²) >= 11 is 11.8. The lowest BCUT2D eigenvalue weighted by molar-refractivity contribution is -0.900. The molecule has 0 spiro atoms. The van der Waals surface area contributed by atoms with Gasteiger partial charge in [-0.2, -0.15) is 0 Å². The first-order valence-electron chi connectivity index (χ1n) is 14.5. The summed E-state index contributed by atoms with van der Waals surface area (Å²) in [5, 5.41) is 10.4. The number of halogens is 2. The van der Waals surface area contributed by atoms with Gasteiger partial charge < -0.3 is 14.8 Å². The van der Waals surface area contributed by atoms with Crippen molar-refractivity contribution in [3.05, 3.63) is 20.3 Å². The van der Waals surface area contributed by atoms with Crippen LogP contribution < -0.4 is 10.0 Å². The molecule has 0 aromatic carbocycles. The summed E-state index contributed by atoms with van der Waals surface area (Å²) in [4.78, 5) is 12.1. The molecule has 0 saturated carbocycles. The van der Waals surface area contributed by atoms with Crippen LogP contribution in [-0.2, 0) is 0 Å². The maximum Gasteiger partial charge on any atom is 0.112 e. The molecule has 1 aromatic rings. The predicted octanol–water partition coefficient (Wildman–Crippen LogP) is 8.37. The average Bonchev–Trinajstić information content (AvgIpc) is 3.19. The minimum absolute atomic E-state index is 0.0509. The van der Waals surface area contributed by atoms with E-state index < -0.39 is 5.97 Å². The van der Waals surface area contributed by atoms with Gasteiger partial charge in [-0.3, -0.25) is 0 Å². The molecule has 0 aliphatic carbocycles. The van der Waals surface area contributed by atoms with Crippen molar-refractivity contribution in [1.29, 1.82) is 0 Å². The summed E-state index contributed by atoms with van der Waals surface area (Å²) in [6.07, 6.45) is 26.0. The van der Waals surface area contributed by atoms with Crippen LogP contribution >= 0.6 is 34.5 Å². The molecule has 3 nitrogen and oxygen atoms in total. The number of hydrogen-bond donors (Lipinski definition) is 1. The first-order chi connectivity index (χ1) is 17.0. The van der Waals surface area contributed by atoms with Gasteiger partial charge in [0.05, 0.1) is 35.5 Å². The van der Waals surface area contributed by atoms with Crippen LogP contribution in [0.25, 0.3) is 0 Å². The van der Waals surface area contributed by atoms with Crippen LogP contribution in [0.2, 0.25) is 9.36 Å². The number of carbonyl (C=O) groups excluding carboxylic acids is 1. The Labute approximate surface area is 231 Å². The fourth-order valence-corrected chi connectivity index (χ4v) is 5.49. The van der Waals surface area contributed by atoms with Gasteiger partial charge in [0.2, 0.25) is 0 Å². The van der Waals surface area contributed by atoms with Crippen LogP contribution in [0.3, 0.4) is 0 Å². The lowest BCUT2D eigenvalue weighted by Gasteiger charge is -2.20. The number of hydrogen-bond acceptors (Lipinski definition) is 3. The van der Waals surface area contributed by atoms with Gasteiger partial charge in [-0.15, -0.1) is 11.3 Å². The van der Waals surface area contributed by atoms with E-state index in [1.165, 1.54) is 141 Å². The molecule has 6 heteroatoms. The molecule has 0 radical (unpaired) electrons. The summed E-state index contributed by atoms with van der Waals surface area (Å²) in [5.74, 6) is -1.25. The zero-order valence-corrected chi connectivity index (χ0v) is 25.2. The minimum atomic E-state index is -1.25. The van der Waals surface area contributed by atoms with E-state index >= 15 is 0 Å². The summed E-state index contributed by atoms with van der Waals surface area (Å²) in [7, 11) is 0. The van der Waals surface area contributed by atoms with Crippen LogP contribution in [0.1, 0.15) is 146 Å². The number of carboxylic acid groups (broad SMARTS) is 1. The summed E-state index contributed by atoms with van der Waals surface area (Å²) in [6.45, 7) is 11.3. The van der Waals surface area contributed by atoms with Gasteiger partial charge >= 0.3 is 0 Å². The molecule has 0 aliphatic heterocycles. The number of nitrogens with one attached hydrogen (secondary N) is 1. The van der Waals surface area contributed by atoms with Gasteiger partial charge in [0, 0.05) is 0 Å². The van der Waals surface area contributed by atoms with E-state index in [4.69, 9.17) is 23.2 Å². The van der Waals surface area contributed by atoms with Gasteiger partial charge in [-0.25, -0.2) is 0 Å². The highest BCUT2D eigenvalue weighted by molar-refractivity contribution is 7.18. The third kappa shape index (κ3) is 21.5. The molecule has 0 amide bonds. The third-order valence-corrected chi connectivity index (χ3v) is 8.34. The molecule has 0 saturated heterocycles. The Morgan fingerprint density at radius 3 is 1.29 bits per heavy atom. The second-order valence-electron chi connectivity index (χ2n) is 9.82. The molecule has 0 bridgehead atoms. The smallest absolute Gasteiger partial charge is 0.112 e. The average molecular weight is 551 g/mol. The second kappa shape index (κ2) is 25.4. The van der Waals surface area contributed by atoms with E-state index in [-0.39, 0.29) is 14.2 Å². The van der Waals surface area contributed by atoms with Crippen molar-refractivity contribution in [3.63, 3.8) is 0 Å². The number of rotatable bonds is 22. The topological polar surface area (TPSA) is 44.6 Å². The quantitative estimate of drug-likeness (QED) is 0.147. The Morgan fingerprint density at radius 2 is 1.03 bits per heavy atom. The van der Waals surface area contributed by atoms with Gasteiger partial charge in [0.15, 0.2) is 0 Å². The number of carbonyl (C=O) groups is 1. The van der Waals surface area contributed by atoms with Crippen LogP contribution in [0.15, 0.2) is 6.07 Å². The zero-order valence-electron chi connectivity index (χ0n) is 22.9. The fraction of sp³-hybridized carbons (Fsp3) is 0.828. The highest BCUT2D eigenvalue weighted by Crippen LogP contribution is 2.30. The van der Waals surface area contributed by atoms with Gasteiger partial charge in [0.1, 0.15) is 4.34 Å². The minimum Gasteiger partial charge on any atom is -0.544 e. The fourth-order valence-electron chi connectivity index (χ4n) is 4.29. The zero-order chi connectivity index (χ0) is 26.2. The van der Waals surface area contributed by atoms with E-state index in [1.807, 2.05) is 4.90 Å². The number of thiophene rings is 1. The van der Waals surface area contributed by atoms with E-state index in [0.29, 0.717) is 0 Å². The standard InChI is InChI=1S/C24H51N.C5H2Cl2O2S/c1-4-7-10-13-16-19-22-25(23-20-17-14-11-8-5-2)24-21-18-15-12-9-6-3;6-2-1-3(5(8)9)10-4(2)7/h4-24H2,1-3H3;1H,(H,8,9). The van der Waals surface area contributed by atoms with Crippen molar-refractivity contribution in [2.24, 2.45) is 0 Å². The van der Waals surface area contributed by atoms with E-state index in [9.17, 15) is 9.90 Å². The summed E-state index contributed by atoms with van der Waals surface area (Å²) in [6, 6.07) is 1.27. The van der Waals surface area contributed by atoms with Crippen LogP contribution in [0, 0.1) is 0 Å². The van der Waals surface area contributed by atoms with Crippen LogP contribution in [0.5, 0.6) is 0 Å². The lowest BCUT2D eigenvalue weighted by atomic mass is 10.1. The van der Waals surface area contributed by atoms with Gasteiger partial charge in [0.25, 0.3) is 0 Å². The Bertz CT molecular complexity index is 552. The number of quaternary nitrogens is 1. The SMILES string of the molecule is CCCCCCCC[NH+](CCCCCCCC)CCCCCCCC.O=C([O-])c1cc(Cl)c(Cl)s1. The third-order valence-electron chi connectivity index (χ3n) is 6.50. The van der Waals surface area contributed by atoms with Crippen molar-refractivity contribution >= 4 is 40.5 Å². The summed E-state index contributed by atoms with van der Waals surface area (Å²) in [5.41, 5.74) is 0. The molecule has 0 atom stereocenters. The second-order valence-corrected chi connectivity index (χ2v) is 11.9. The molecule has 1 heterocycles. The largest absolute Gasteiger partial charge is 0.544 e. The maximum atomic E-state index is 10.1. The van der Waals surface area contributed by atoms with Crippen molar-refractivity contribution in [3.8, 4) is 0 Å². The highest BCUT2D eigenvalue weighted by atomic mass is 35.5. The molecule has 35 heavy (non-hydrogen) atoms. The Hall–Kier alpha value is -0.290. The molecule has 1 rings (SSSR count). The van der Waals surface area contributed by atoms with Gasteiger partial charge in [-0.1, -0.05) is 121 Å². The molecule has 1 aromatic heterocycles. The predicted molar refractivity (Wildman–Crippen MR) is 154 cm³/mol. The van der Waals surface area contributed by atoms with Crippen molar-refractivity contribution in [2.75, 3.05) is 19.6 Å². The lowest BCUT2D eigenvalue weighted by Crippen LogP contribution is -3.12. The van der Waals surface area contributed by atoms with Crippen LogP contribution in [-0.4, -0.2) is 25.6 Å². The van der Waals surface area contributed by atoms with E-state index in [1.54, 1.807) is 0 Å². The van der Waals surface area contributed by atoms with Gasteiger partial charge in [-0.05, 0) is 44.6 Å². The normalized spacial score (nSPS) is 11.0. The molecule has 206 valence electrons. The molecule has 0 fully saturated rings. The maximum absolute atomic E-state index is 10.1. The van der Waals surface area contributed by atoms with Crippen molar-refractivity contribution in [2.45, 2.75) is 136 Å². The Balaban J connectivity index is 0.000000952. The van der Waals surface area contributed by atoms with Crippen LogP contribution in [0.4, 0.5) is 0 Å². The molecular formula is C29H53Cl2NO2S. The number of aromatic carboxylic acids is 1. The summed E-state index contributed by atoms with van der Waals surface area (Å²) < 4.78 is 0.279. The van der Waals surface area contributed by atoms with Crippen molar-refractivity contribution in [1.82, 2.24) is 0 Å². The number of unbranched alkanes of at least 4 members (excludes halogenated alkanes) is 15. The first-order valence-corrected chi connectivity index (χ1v) is 16.0. The molecule has 0 aliphatic rings. The monoisotopic (exact) mass is 549 g/mol. The van der Waals surface area contributed by atoms with Crippen molar-refractivity contribution < 1.29 is 14.8 Å². The van der Waals surface area contributed by atoms with E-state index in [2.05, 4.69) is 20.8 Å². The van der Waals surface area contributed by atoms with E-state index in [0.717, 1.165) is 11.3 Å². The molecular weight excluding hydrogens is 497 g/mol. The molecule has 1 N–H and O–H groups in total. The number of carboxylic acids is 1.